The molecule has 0 radical (unpaired) electrons. The van der Waals surface area contributed by atoms with Gasteiger partial charge in [-0.3, -0.25) is 0 Å². The van der Waals surface area contributed by atoms with Crippen LogP contribution in [0.1, 0.15) is 27.8 Å². The van der Waals surface area contributed by atoms with Gasteiger partial charge in [-0.25, -0.2) is 0 Å². The highest BCUT2D eigenvalue weighted by Crippen LogP contribution is 2.33. The van der Waals surface area contributed by atoms with Crippen LogP contribution in [0.3, 0.4) is 0 Å². The molecule has 3 aromatic rings. The molecule has 0 spiro atoms. The van der Waals surface area contributed by atoms with Crippen LogP contribution in [0.15, 0.2) is 78.9 Å². The Bertz CT molecular complexity index is 797. The van der Waals surface area contributed by atoms with Gasteiger partial charge in [0.2, 0.25) is 0 Å². The zero-order valence-corrected chi connectivity index (χ0v) is 12.9. The van der Waals surface area contributed by atoms with Crippen molar-refractivity contribution in [3.8, 4) is 0 Å². The van der Waals surface area contributed by atoms with Gasteiger partial charge in [-0.1, -0.05) is 78.9 Å². The van der Waals surface area contributed by atoms with Crippen molar-refractivity contribution in [2.75, 3.05) is 0 Å². The summed E-state index contributed by atoms with van der Waals surface area (Å²) in [7, 11) is 0. The van der Waals surface area contributed by atoms with Crippen LogP contribution in [-0.2, 0) is 18.0 Å². The third-order valence-electron chi connectivity index (χ3n) is 4.24. The first-order valence-electron chi connectivity index (χ1n) is 7.93. The third-order valence-corrected chi connectivity index (χ3v) is 4.24. The van der Waals surface area contributed by atoms with E-state index in [1.165, 1.54) is 33.4 Å². The standard InChI is InChI=1S/C22H18O/c1-2-8-17(9-3-1)14-22-20-12-6-4-10-18(20)15-23-16-19-11-5-7-13-21(19)22/h1-14H,15-16H2. The third kappa shape index (κ3) is 2.84. The molecule has 1 heterocycles. The lowest BCUT2D eigenvalue weighted by Crippen LogP contribution is -2.06. The Morgan fingerprint density at radius 3 is 1.74 bits per heavy atom. The monoisotopic (exact) mass is 298 g/mol. The molecule has 0 unspecified atom stereocenters. The zero-order valence-electron chi connectivity index (χ0n) is 12.9. The van der Waals surface area contributed by atoms with Crippen LogP contribution in [0.4, 0.5) is 0 Å². The van der Waals surface area contributed by atoms with Gasteiger partial charge in [-0.05, 0) is 39.5 Å². The van der Waals surface area contributed by atoms with Gasteiger partial charge in [0.15, 0.2) is 0 Å². The summed E-state index contributed by atoms with van der Waals surface area (Å²) in [6.07, 6.45) is 2.28. The number of benzene rings is 3. The number of hydrogen-bond donors (Lipinski definition) is 0. The highest BCUT2D eigenvalue weighted by molar-refractivity contribution is 5.93. The quantitative estimate of drug-likeness (QED) is 0.592. The maximum Gasteiger partial charge on any atom is 0.0727 e. The van der Waals surface area contributed by atoms with Crippen LogP contribution in [0.5, 0.6) is 0 Å². The lowest BCUT2D eigenvalue weighted by molar-refractivity contribution is 0.106. The van der Waals surface area contributed by atoms with E-state index in [1.54, 1.807) is 0 Å². The molecule has 1 aliphatic heterocycles. The fourth-order valence-electron chi connectivity index (χ4n) is 3.11. The molecule has 0 atom stereocenters. The van der Waals surface area contributed by atoms with Gasteiger partial charge >= 0.3 is 0 Å². The van der Waals surface area contributed by atoms with Crippen molar-refractivity contribution in [2.24, 2.45) is 0 Å². The molecule has 0 aliphatic carbocycles. The Hall–Kier alpha value is -2.64. The first kappa shape index (κ1) is 14.0. The second kappa shape index (κ2) is 6.23. The van der Waals surface area contributed by atoms with Crippen LogP contribution < -0.4 is 0 Å². The molecule has 1 nitrogen and oxygen atoms in total. The van der Waals surface area contributed by atoms with Gasteiger partial charge in [0, 0.05) is 0 Å². The summed E-state index contributed by atoms with van der Waals surface area (Å²) >= 11 is 0. The average molecular weight is 298 g/mol. The Balaban J connectivity index is 1.97. The van der Waals surface area contributed by atoms with E-state index in [0.29, 0.717) is 13.2 Å². The van der Waals surface area contributed by atoms with Gasteiger partial charge in [-0.2, -0.15) is 0 Å². The molecule has 0 bridgehead atoms. The maximum absolute atomic E-state index is 5.90. The van der Waals surface area contributed by atoms with E-state index >= 15 is 0 Å². The SMILES string of the molecule is C(=C1c2ccccc2COCc2ccccc21)c1ccccc1. The summed E-state index contributed by atoms with van der Waals surface area (Å²) in [5.74, 6) is 0. The fraction of sp³-hybridized carbons (Fsp3) is 0.0909. The largest absolute Gasteiger partial charge is 0.372 e. The second-order valence-electron chi connectivity index (χ2n) is 5.78. The smallest absolute Gasteiger partial charge is 0.0727 e. The van der Waals surface area contributed by atoms with Crippen LogP contribution in [-0.4, -0.2) is 0 Å². The van der Waals surface area contributed by atoms with E-state index in [0.717, 1.165) is 0 Å². The Morgan fingerprint density at radius 1 is 0.609 bits per heavy atom. The minimum absolute atomic E-state index is 0.649. The Labute approximate surface area is 136 Å². The van der Waals surface area contributed by atoms with Crippen molar-refractivity contribution in [3.63, 3.8) is 0 Å². The first-order valence-corrected chi connectivity index (χ1v) is 7.93. The van der Waals surface area contributed by atoms with Crippen molar-refractivity contribution in [3.05, 3.63) is 107 Å². The summed E-state index contributed by atoms with van der Waals surface area (Å²) in [5.41, 5.74) is 7.47. The first-order chi connectivity index (χ1) is 11.4. The van der Waals surface area contributed by atoms with Gasteiger partial charge in [0.25, 0.3) is 0 Å². The molecular formula is C22H18O. The normalized spacial score (nSPS) is 13.5. The molecule has 4 rings (SSSR count). The summed E-state index contributed by atoms with van der Waals surface area (Å²) in [6, 6.07) is 27.5. The molecule has 0 aromatic heterocycles. The summed E-state index contributed by atoms with van der Waals surface area (Å²) < 4.78 is 5.90. The van der Waals surface area contributed by atoms with Gasteiger partial charge in [0.1, 0.15) is 0 Å². The lowest BCUT2D eigenvalue weighted by atomic mass is 9.89. The van der Waals surface area contributed by atoms with Crippen LogP contribution >= 0.6 is 0 Å². The molecule has 0 saturated carbocycles. The summed E-state index contributed by atoms with van der Waals surface area (Å²) in [4.78, 5) is 0. The predicted octanol–water partition coefficient (Wildman–Crippen LogP) is 5.31. The molecule has 23 heavy (non-hydrogen) atoms. The highest BCUT2D eigenvalue weighted by atomic mass is 16.5. The number of ether oxygens (including phenoxy) is 1. The number of fused-ring (bicyclic) bond motifs is 2. The molecule has 1 heteroatoms. The van der Waals surface area contributed by atoms with Crippen LogP contribution in [0, 0.1) is 0 Å². The minimum Gasteiger partial charge on any atom is -0.372 e. The molecule has 1 aliphatic rings. The van der Waals surface area contributed by atoms with Crippen molar-refractivity contribution in [1.82, 2.24) is 0 Å². The predicted molar refractivity (Wildman–Crippen MR) is 94.8 cm³/mol. The molecular weight excluding hydrogens is 280 g/mol. The van der Waals surface area contributed by atoms with Crippen molar-refractivity contribution in [2.45, 2.75) is 13.2 Å². The molecule has 0 N–H and O–H groups in total. The molecule has 3 aromatic carbocycles. The van der Waals surface area contributed by atoms with Crippen molar-refractivity contribution < 1.29 is 4.74 Å². The maximum atomic E-state index is 5.90. The van der Waals surface area contributed by atoms with Gasteiger partial charge in [-0.15, -0.1) is 0 Å². The Morgan fingerprint density at radius 2 is 1.13 bits per heavy atom. The van der Waals surface area contributed by atoms with Crippen LogP contribution in [0.25, 0.3) is 11.6 Å². The van der Waals surface area contributed by atoms with Crippen molar-refractivity contribution in [1.29, 1.82) is 0 Å². The molecule has 0 saturated heterocycles. The lowest BCUT2D eigenvalue weighted by Gasteiger charge is -2.20. The van der Waals surface area contributed by atoms with Crippen molar-refractivity contribution >= 4 is 11.6 Å². The molecule has 0 fully saturated rings. The topological polar surface area (TPSA) is 9.23 Å². The second-order valence-corrected chi connectivity index (χ2v) is 5.78. The van der Waals surface area contributed by atoms with E-state index in [2.05, 4.69) is 84.9 Å². The molecule has 112 valence electrons. The number of hydrogen-bond acceptors (Lipinski definition) is 1. The summed E-state index contributed by atoms with van der Waals surface area (Å²) in [5, 5.41) is 0. The van der Waals surface area contributed by atoms with E-state index in [9.17, 15) is 0 Å². The fourth-order valence-corrected chi connectivity index (χ4v) is 3.11. The van der Waals surface area contributed by atoms with Gasteiger partial charge in [0.05, 0.1) is 13.2 Å². The Kier molecular flexibility index (Phi) is 3.79. The van der Waals surface area contributed by atoms with Crippen LogP contribution in [0.2, 0.25) is 0 Å². The van der Waals surface area contributed by atoms with Gasteiger partial charge < -0.3 is 4.74 Å². The summed E-state index contributed by atoms with van der Waals surface area (Å²) in [6.45, 7) is 1.30. The molecule has 0 amide bonds. The zero-order chi connectivity index (χ0) is 15.5. The van der Waals surface area contributed by atoms with E-state index in [-0.39, 0.29) is 0 Å². The average Bonchev–Trinajstić information content (AvgIpc) is 2.60. The minimum atomic E-state index is 0.649. The highest BCUT2D eigenvalue weighted by Gasteiger charge is 2.16. The van der Waals surface area contributed by atoms with E-state index < -0.39 is 0 Å². The van der Waals surface area contributed by atoms with E-state index in [1.807, 2.05) is 0 Å². The van der Waals surface area contributed by atoms with E-state index in [4.69, 9.17) is 4.74 Å². The number of rotatable bonds is 1.